The molecule has 0 aromatic carbocycles. The van der Waals surface area contributed by atoms with E-state index in [9.17, 15) is 0 Å². The molecule has 1 aliphatic heterocycles. The van der Waals surface area contributed by atoms with E-state index < -0.39 is 0 Å². The van der Waals surface area contributed by atoms with Gasteiger partial charge < -0.3 is 20.1 Å². The molecule has 7 heteroatoms. The van der Waals surface area contributed by atoms with E-state index >= 15 is 0 Å². The van der Waals surface area contributed by atoms with Crippen molar-refractivity contribution in [2.45, 2.75) is 26.8 Å². The monoisotopic (exact) mass is 407 g/mol. The van der Waals surface area contributed by atoms with Crippen LogP contribution in [0.5, 0.6) is 0 Å². The number of aromatic nitrogens is 1. The molecule has 0 radical (unpaired) electrons. The van der Waals surface area contributed by atoms with Gasteiger partial charge in [-0.15, -0.1) is 24.0 Å². The standard InChI is InChI=1S/C14H25N5O.HI/c1-10-13(11(2)20-18-10)8-17-14(15-3)16-7-12-5-6-19(4)9-12;/h12H,5-9H2,1-4H3,(H2,15,16,17);1H. The van der Waals surface area contributed by atoms with Gasteiger partial charge in [-0.05, 0) is 39.8 Å². The minimum atomic E-state index is 0. The van der Waals surface area contributed by atoms with Gasteiger partial charge in [-0.25, -0.2) is 0 Å². The molecule has 1 aliphatic rings. The van der Waals surface area contributed by atoms with Crippen molar-refractivity contribution in [2.75, 3.05) is 33.7 Å². The van der Waals surface area contributed by atoms with Gasteiger partial charge >= 0.3 is 0 Å². The minimum absolute atomic E-state index is 0. The fourth-order valence-corrected chi connectivity index (χ4v) is 2.58. The van der Waals surface area contributed by atoms with Crippen molar-refractivity contribution in [1.82, 2.24) is 20.7 Å². The van der Waals surface area contributed by atoms with Crippen molar-refractivity contribution in [3.8, 4) is 0 Å². The summed E-state index contributed by atoms with van der Waals surface area (Å²) in [5, 5.41) is 10.7. The van der Waals surface area contributed by atoms with Crippen LogP contribution in [0.2, 0.25) is 0 Å². The van der Waals surface area contributed by atoms with Gasteiger partial charge in [0.05, 0.1) is 5.69 Å². The molecule has 1 aromatic rings. The van der Waals surface area contributed by atoms with Gasteiger partial charge in [-0.3, -0.25) is 4.99 Å². The van der Waals surface area contributed by atoms with Crippen molar-refractivity contribution >= 4 is 29.9 Å². The highest BCUT2D eigenvalue weighted by atomic mass is 127. The Labute approximate surface area is 143 Å². The van der Waals surface area contributed by atoms with Gasteiger partial charge in [-0.1, -0.05) is 5.16 Å². The van der Waals surface area contributed by atoms with Crippen LogP contribution in [0.15, 0.2) is 9.52 Å². The Hall–Kier alpha value is -0.830. The van der Waals surface area contributed by atoms with Crippen molar-refractivity contribution in [3.05, 3.63) is 17.0 Å². The number of hydrogen-bond acceptors (Lipinski definition) is 4. The van der Waals surface area contributed by atoms with Crippen LogP contribution in [-0.2, 0) is 6.54 Å². The molecule has 0 amide bonds. The molecule has 1 aromatic heterocycles. The number of rotatable bonds is 4. The van der Waals surface area contributed by atoms with Gasteiger partial charge in [0, 0.05) is 32.2 Å². The second kappa shape index (κ2) is 8.57. The second-order valence-corrected chi connectivity index (χ2v) is 5.53. The van der Waals surface area contributed by atoms with Crippen LogP contribution < -0.4 is 10.6 Å². The maximum atomic E-state index is 5.16. The van der Waals surface area contributed by atoms with Gasteiger partial charge in [0.15, 0.2) is 5.96 Å². The van der Waals surface area contributed by atoms with Gasteiger partial charge in [0.2, 0.25) is 0 Å². The Bertz CT molecular complexity index is 454. The summed E-state index contributed by atoms with van der Waals surface area (Å²) in [4.78, 5) is 6.62. The average molecular weight is 407 g/mol. The number of nitrogens with zero attached hydrogens (tertiary/aromatic N) is 3. The van der Waals surface area contributed by atoms with E-state index in [4.69, 9.17) is 4.52 Å². The van der Waals surface area contributed by atoms with Crippen LogP contribution in [0.4, 0.5) is 0 Å². The van der Waals surface area contributed by atoms with Crippen LogP contribution in [0, 0.1) is 19.8 Å². The van der Waals surface area contributed by atoms with E-state index in [0.717, 1.165) is 36.1 Å². The average Bonchev–Trinajstić information content (AvgIpc) is 2.98. The molecule has 1 fully saturated rings. The lowest BCUT2D eigenvalue weighted by Crippen LogP contribution is -2.39. The lowest BCUT2D eigenvalue weighted by atomic mass is 10.1. The van der Waals surface area contributed by atoms with Gasteiger partial charge in [-0.2, -0.15) is 0 Å². The topological polar surface area (TPSA) is 65.7 Å². The first-order chi connectivity index (χ1) is 9.60. The normalized spacial score (nSPS) is 19.4. The molecule has 2 N–H and O–H groups in total. The summed E-state index contributed by atoms with van der Waals surface area (Å²) in [7, 11) is 3.97. The molecule has 1 atom stereocenters. The van der Waals surface area contributed by atoms with Crippen molar-refractivity contribution in [1.29, 1.82) is 0 Å². The minimum Gasteiger partial charge on any atom is -0.361 e. The number of likely N-dealkylation sites (tertiary alicyclic amines) is 1. The molecule has 2 heterocycles. The number of hydrogen-bond donors (Lipinski definition) is 2. The third kappa shape index (κ3) is 5.14. The molecule has 1 saturated heterocycles. The van der Waals surface area contributed by atoms with Crippen LogP contribution >= 0.6 is 24.0 Å². The summed E-state index contributed by atoms with van der Waals surface area (Å²) in [5.74, 6) is 2.40. The van der Waals surface area contributed by atoms with Gasteiger partial charge in [0.1, 0.15) is 5.76 Å². The van der Waals surface area contributed by atoms with Crippen molar-refractivity contribution in [2.24, 2.45) is 10.9 Å². The SMILES string of the molecule is CN=C(NCc1c(C)noc1C)NCC1CCN(C)C1.I. The van der Waals surface area contributed by atoms with Crippen LogP contribution in [-0.4, -0.2) is 49.7 Å². The maximum absolute atomic E-state index is 5.16. The zero-order chi connectivity index (χ0) is 14.5. The molecule has 0 bridgehead atoms. The summed E-state index contributed by atoms with van der Waals surface area (Å²) in [6.45, 7) is 7.89. The van der Waals surface area contributed by atoms with E-state index in [1.165, 1.54) is 13.0 Å². The molecule has 1 unspecified atom stereocenters. The molecule has 6 nitrogen and oxygen atoms in total. The lowest BCUT2D eigenvalue weighted by molar-refractivity contribution is 0.392. The lowest BCUT2D eigenvalue weighted by Gasteiger charge is -2.15. The molecule has 0 saturated carbocycles. The zero-order valence-electron chi connectivity index (χ0n) is 13.3. The first-order valence-corrected chi connectivity index (χ1v) is 7.15. The second-order valence-electron chi connectivity index (χ2n) is 5.53. The number of halogens is 1. The van der Waals surface area contributed by atoms with Crippen LogP contribution in [0.25, 0.3) is 0 Å². The smallest absolute Gasteiger partial charge is 0.191 e. The summed E-state index contributed by atoms with van der Waals surface area (Å²) < 4.78 is 5.16. The fourth-order valence-electron chi connectivity index (χ4n) is 2.58. The Balaban J connectivity index is 0.00000220. The molecular weight excluding hydrogens is 381 g/mol. The molecule has 0 aliphatic carbocycles. The van der Waals surface area contributed by atoms with E-state index in [1.54, 1.807) is 7.05 Å². The largest absolute Gasteiger partial charge is 0.361 e. The highest BCUT2D eigenvalue weighted by molar-refractivity contribution is 14.0. The van der Waals surface area contributed by atoms with Gasteiger partial charge in [0.25, 0.3) is 0 Å². The highest BCUT2D eigenvalue weighted by Crippen LogP contribution is 2.13. The molecule has 21 heavy (non-hydrogen) atoms. The number of guanidine groups is 1. The molecule has 120 valence electrons. The Kier molecular flexibility index (Phi) is 7.44. The highest BCUT2D eigenvalue weighted by Gasteiger charge is 2.19. The van der Waals surface area contributed by atoms with Crippen LogP contribution in [0.1, 0.15) is 23.4 Å². The number of aliphatic imine (C=N–C) groups is 1. The third-order valence-electron chi connectivity index (χ3n) is 3.88. The Morgan fingerprint density at radius 3 is 2.71 bits per heavy atom. The van der Waals surface area contributed by atoms with Crippen molar-refractivity contribution in [3.63, 3.8) is 0 Å². The molecule has 2 rings (SSSR count). The van der Waals surface area contributed by atoms with E-state index in [-0.39, 0.29) is 24.0 Å². The maximum Gasteiger partial charge on any atom is 0.191 e. The van der Waals surface area contributed by atoms with E-state index in [0.29, 0.717) is 12.5 Å². The Morgan fingerprint density at radius 1 is 1.43 bits per heavy atom. The first kappa shape index (κ1) is 18.2. The quantitative estimate of drug-likeness (QED) is 0.450. The predicted molar refractivity (Wildman–Crippen MR) is 95.2 cm³/mol. The van der Waals surface area contributed by atoms with E-state index in [1.807, 2.05) is 13.8 Å². The molecular formula is C14H26IN5O. The Morgan fingerprint density at radius 2 is 2.19 bits per heavy atom. The van der Waals surface area contributed by atoms with E-state index in [2.05, 4.69) is 32.7 Å². The third-order valence-corrected chi connectivity index (χ3v) is 3.88. The van der Waals surface area contributed by atoms with Crippen molar-refractivity contribution < 1.29 is 4.52 Å². The fraction of sp³-hybridized carbons (Fsp3) is 0.714. The predicted octanol–water partition coefficient (Wildman–Crippen LogP) is 1.53. The summed E-state index contributed by atoms with van der Waals surface area (Å²) in [6, 6.07) is 0. The number of nitrogens with one attached hydrogen (secondary N) is 2. The summed E-state index contributed by atoms with van der Waals surface area (Å²) in [6.07, 6.45) is 1.25. The first-order valence-electron chi connectivity index (χ1n) is 7.15. The molecule has 0 spiro atoms. The van der Waals surface area contributed by atoms with Crippen LogP contribution in [0.3, 0.4) is 0 Å². The number of aryl methyl sites for hydroxylation is 2. The summed E-state index contributed by atoms with van der Waals surface area (Å²) in [5.41, 5.74) is 2.04. The summed E-state index contributed by atoms with van der Waals surface area (Å²) >= 11 is 0. The zero-order valence-corrected chi connectivity index (χ0v) is 15.6.